The Morgan fingerprint density at radius 3 is 2.96 bits per heavy atom. The van der Waals surface area contributed by atoms with E-state index < -0.39 is 0 Å². The summed E-state index contributed by atoms with van der Waals surface area (Å²) in [4.78, 5) is 30.0. The number of hydrogen-bond donors (Lipinski definition) is 2. The molecule has 24 heavy (non-hydrogen) atoms. The third-order valence-electron chi connectivity index (χ3n) is 3.92. The lowest BCUT2D eigenvalue weighted by atomic mass is 10.2. The van der Waals surface area contributed by atoms with Crippen LogP contribution in [0.1, 0.15) is 10.4 Å². The largest absolute Gasteiger partial charge is 0.341 e. The number of nitrogens with one attached hydrogen (secondary N) is 2. The lowest BCUT2D eigenvalue weighted by Crippen LogP contribution is -2.29. The van der Waals surface area contributed by atoms with Crippen molar-refractivity contribution in [2.75, 3.05) is 23.8 Å². The second-order valence-corrected chi connectivity index (χ2v) is 5.38. The Morgan fingerprint density at radius 1 is 1.25 bits per heavy atom. The number of carbonyl (C=O) groups is 2. The number of anilines is 2. The number of pyridine rings is 1. The second-order valence-electron chi connectivity index (χ2n) is 5.38. The first-order valence-electron chi connectivity index (χ1n) is 7.47. The van der Waals surface area contributed by atoms with Crippen molar-refractivity contribution in [2.45, 2.75) is 6.54 Å². The number of hydrogen-bond acceptors (Lipinski definition) is 4. The summed E-state index contributed by atoms with van der Waals surface area (Å²) in [5.41, 5.74) is 1.35. The van der Waals surface area contributed by atoms with Crippen molar-refractivity contribution in [1.29, 1.82) is 0 Å². The smallest absolute Gasteiger partial charge is 0.320 e. The zero-order chi connectivity index (χ0) is 16.7. The first kappa shape index (κ1) is 14.2. The minimum Gasteiger partial charge on any atom is -0.341 e. The molecular formula is C15H15N7O2. The van der Waals surface area contributed by atoms with Crippen molar-refractivity contribution in [3.8, 4) is 0 Å². The fourth-order valence-corrected chi connectivity index (χ4v) is 2.75. The molecule has 3 aromatic rings. The van der Waals surface area contributed by atoms with E-state index in [1.54, 1.807) is 50.8 Å². The van der Waals surface area contributed by atoms with Gasteiger partial charge in [-0.1, -0.05) is 0 Å². The Morgan fingerprint density at radius 2 is 2.12 bits per heavy atom. The van der Waals surface area contributed by atoms with Gasteiger partial charge in [0, 0.05) is 38.2 Å². The maximum Gasteiger partial charge on any atom is 0.320 e. The van der Waals surface area contributed by atoms with Gasteiger partial charge in [-0.05, 0) is 12.1 Å². The number of aromatic nitrogens is 4. The quantitative estimate of drug-likeness (QED) is 0.733. The molecule has 122 valence electrons. The molecule has 1 aliphatic rings. The van der Waals surface area contributed by atoms with Crippen LogP contribution < -0.4 is 15.5 Å². The van der Waals surface area contributed by atoms with Crippen molar-refractivity contribution in [3.05, 3.63) is 42.4 Å². The van der Waals surface area contributed by atoms with Gasteiger partial charge in [-0.25, -0.2) is 14.5 Å². The molecule has 0 radical (unpaired) electrons. The van der Waals surface area contributed by atoms with Crippen molar-refractivity contribution in [3.63, 3.8) is 0 Å². The molecular weight excluding hydrogens is 310 g/mol. The molecule has 1 aliphatic heterocycles. The van der Waals surface area contributed by atoms with E-state index in [0.29, 0.717) is 30.3 Å². The standard InChI is InChI=1S/C15H15N7O2/c1-16-15(24)18-11-8-13-21(6-7-22(13)19-11)14(23)10-2-3-12-17-4-5-20(12)9-10/h2-5,8-9H,6-7H2,1H3,(H2,16,18,19,24). The number of carbonyl (C=O) groups excluding carboxylic acids is 2. The van der Waals surface area contributed by atoms with Gasteiger partial charge in [0.2, 0.25) is 0 Å². The molecule has 0 aliphatic carbocycles. The van der Waals surface area contributed by atoms with Gasteiger partial charge in [0.15, 0.2) is 5.82 Å². The summed E-state index contributed by atoms with van der Waals surface area (Å²) in [5, 5.41) is 9.35. The van der Waals surface area contributed by atoms with Crippen LogP contribution in [-0.2, 0) is 6.54 Å². The topological polar surface area (TPSA) is 96.6 Å². The molecule has 0 saturated carbocycles. The van der Waals surface area contributed by atoms with Crippen LogP contribution in [0, 0.1) is 0 Å². The Balaban J connectivity index is 1.61. The first-order valence-corrected chi connectivity index (χ1v) is 7.47. The minimum atomic E-state index is -0.352. The summed E-state index contributed by atoms with van der Waals surface area (Å²) in [5.74, 6) is 0.958. The average Bonchev–Trinajstić information content (AvgIpc) is 3.28. The number of urea groups is 1. The van der Waals surface area contributed by atoms with E-state index in [0.717, 1.165) is 5.65 Å². The molecule has 2 N–H and O–H groups in total. The van der Waals surface area contributed by atoms with Gasteiger partial charge >= 0.3 is 6.03 Å². The van der Waals surface area contributed by atoms with E-state index in [1.165, 1.54) is 7.05 Å². The zero-order valence-corrected chi connectivity index (χ0v) is 12.9. The number of amides is 3. The molecule has 9 nitrogen and oxygen atoms in total. The average molecular weight is 325 g/mol. The number of fused-ring (bicyclic) bond motifs is 2. The van der Waals surface area contributed by atoms with E-state index in [9.17, 15) is 9.59 Å². The third kappa shape index (κ3) is 2.26. The van der Waals surface area contributed by atoms with Crippen LogP contribution >= 0.6 is 0 Å². The summed E-state index contributed by atoms with van der Waals surface area (Å²) in [6, 6.07) is 4.90. The molecule has 0 aromatic carbocycles. The molecule has 9 heteroatoms. The summed E-state index contributed by atoms with van der Waals surface area (Å²) in [6.07, 6.45) is 5.24. The molecule has 0 bridgehead atoms. The van der Waals surface area contributed by atoms with Crippen LogP contribution in [0.4, 0.5) is 16.4 Å². The van der Waals surface area contributed by atoms with E-state index in [-0.39, 0.29) is 11.9 Å². The van der Waals surface area contributed by atoms with Gasteiger partial charge < -0.3 is 9.72 Å². The van der Waals surface area contributed by atoms with E-state index >= 15 is 0 Å². The van der Waals surface area contributed by atoms with Gasteiger partial charge in [0.1, 0.15) is 11.5 Å². The molecule has 4 rings (SSSR count). The summed E-state index contributed by atoms with van der Waals surface area (Å²) in [7, 11) is 1.53. The summed E-state index contributed by atoms with van der Waals surface area (Å²) >= 11 is 0. The highest BCUT2D eigenvalue weighted by atomic mass is 16.2. The Kier molecular flexibility index (Phi) is 3.19. The number of imidazole rings is 1. The highest BCUT2D eigenvalue weighted by Gasteiger charge is 2.28. The predicted molar refractivity (Wildman–Crippen MR) is 87.2 cm³/mol. The Labute approximate surface area is 136 Å². The second kappa shape index (κ2) is 5.37. The predicted octanol–water partition coefficient (Wildman–Crippen LogP) is 0.942. The third-order valence-corrected chi connectivity index (χ3v) is 3.92. The van der Waals surface area contributed by atoms with Gasteiger partial charge in [-0.15, -0.1) is 0 Å². The van der Waals surface area contributed by atoms with E-state index in [4.69, 9.17) is 0 Å². The van der Waals surface area contributed by atoms with Gasteiger partial charge in [-0.3, -0.25) is 15.0 Å². The molecule has 0 saturated heterocycles. The molecule has 0 unspecified atom stereocenters. The van der Waals surface area contributed by atoms with Crippen LogP contribution in [0.2, 0.25) is 0 Å². The van der Waals surface area contributed by atoms with Crippen LogP contribution in [0.5, 0.6) is 0 Å². The molecule has 3 aromatic heterocycles. The van der Waals surface area contributed by atoms with Crippen molar-refractivity contribution in [1.82, 2.24) is 24.5 Å². The molecule has 4 heterocycles. The monoisotopic (exact) mass is 325 g/mol. The van der Waals surface area contributed by atoms with E-state index in [1.807, 2.05) is 0 Å². The molecule has 0 fully saturated rings. The fraction of sp³-hybridized carbons (Fsp3) is 0.200. The summed E-state index contributed by atoms with van der Waals surface area (Å²) < 4.78 is 3.51. The van der Waals surface area contributed by atoms with Crippen molar-refractivity contribution < 1.29 is 9.59 Å². The lowest BCUT2D eigenvalue weighted by molar-refractivity contribution is 0.0989. The van der Waals surface area contributed by atoms with Crippen LogP contribution in [0.3, 0.4) is 0 Å². The van der Waals surface area contributed by atoms with Crippen molar-refractivity contribution in [2.24, 2.45) is 0 Å². The minimum absolute atomic E-state index is 0.115. The molecule has 0 atom stereocenters. The maximum absolute atomic E-state index is 12.8. The van der Waals surface area contributed by atoms with E-state index in [2.05, 4.69) is 20.7 Å². The lowest BCUT2D eigenvalue weighted by Gasteiger charge is -2.14. The van der Waals surface area contributed by atoms with Crippen LogP contribution in [0.15, 0.2) is 36.8 Å². The van der Waals surface area contributed by atoms with Gasteiger partial charge in [-0.2, -0.15) is 5.10 Å². The molecule has 0 spiro atoms. The number of rotatable bonds is 2. The van der Waals surface area contributed by atoms with Crippen molar-refractivity contribution >= 4 is 29.2 Å². The van der Waals surface area contributed by atoms with Crippen LogP contribution in [0.25, 0.3) is 5.65 Å². The van der Waals surface area contributed by atoms with Gasteiger partial charge in [0.05, 0.1) is 12.1 Å². The SMILES string of the molecule is CNC(=O)Nc1cc2n(n1)CCN2C(=O)c1ccc2nccn2c1. The summed E-state index contributed by atoms with van der Waals surface area (Å²) in [6.45, 7) is 1.13. The molecule has 3 amide bonds. The Hall–Kier alpha value is -3.36. The number of nitrogens with zero attached hydrogens (tertiary/aromatic N) is 5. The van der Waals surface area contributed by atoms with Crippen LogP contribution in [-0.4, -0.2) is 44.7 Å². The first-order chi connectivity index (χ1) is 11.7. The highest BCUT2D eigenvalue weighted by molar-refractivity contribution is 6.06. The highest BCUT2D eigenvalue weighted by Crippen LogP contribution is 2.26. The van der Waals surface area contributed by atoms with Gasteiger partial charge in [0.25, 0.3) is 5.91 Å². The zero-order valence-electron chi connectivity index (χ0n) is 12.9. The Bertz CT molecular complexity index is 942. The fourth-order valence-electron chi connectivity index (χ4n) is 2.75. The maximum atomic E-state index is 12.8. The normalized spacial score (nSPS) is 13.1.